The molecule has 0 fully saturated rings. The summed E-state index contributed by atoms with van der Waals surface area (Å²) in [5, 5.41) is 0. The van der Waals surface area contributed by atoms with Gasteiger partial charge in [0.05, 0.1) is 25.2 Å². The summed E-state index contributed by atoms with van der Waals surface area (Å²) in [6.45, 7) is 3.78. The van der Waals surface area contributed by atoms with Crippen LogP contribution in [0.15, 0.2) is 42.9 Å². The number of rotatable bonds is 5. The van der Waals surface area contributed by atoms with Crippen molar-refractivity contribution in [1.82, 2.24) is 9.55 Å². The second kappa shape index (κ2) is 6.14. The van der Waals surface area contributed by atoms with Gasteiger partial charge in [0, 0.05) is 0 Å². The lowest BCUT2D eigenvalue weighted by Gasteiger charge is -2.16. The van der Waals surface area contributed by atoms with Crippen LogP contribution in [0.3, 0.4) is 0 Å². The van der Waals surface area contributed by atoms with Gasteiger partial charge < -0.3 is 9.30 Å². The summed E-state index contributed by atoms with van der Waals surface area (Å²) in [6, 6.07) is 9.61. The average molecular weight is 272 g/mol. The summed E-state index contributed by atoms with van der Waals surface area (Å²) in [5.41, 5.74) is 1.27. The number of imidazole rings is 1. The number of carbonyl (C=O) groups is 2. The van der Waals surface area contributed by atoms with Crippen LogP contribution in [0, 0.1) is 0 Å². The zero-order valence-electron chi connectivity index (χ0n) is 11.4. The van der Waals surface area contributed by atoms with E-state index in [-0.39, 0.29) is 18.3 Å². The van der Waals surface area contributed by atoms with Crippen molar-refractivity contribution in [2.75, 3.05) is 6.61 Å². The second-order valence-corrected chi connectivity index (χ2v) is 4.32. The van der Waals surface area contributed by atoms with E-state index in [0.29, 0.717) is 0 Å². The number of hydrogen-bond donors (Lipinski definition) is 0. The van der Waals surface area contributed by atoms with Crippen molar-refractivity contribution in [3.05, 3.63) is 54.1 Å². The number of benzene rings is 1. The quantitative estimate of drug-likeness (QED) is 0.476. The molecular formula is C15H16N2O3. The number of aromatic nitrogens is 2. The molecule has 0 spiro atoms. The molecule has 0 aliphatic carbocycles. The number of ketones is 1. The molecule has 1 heterocycles. The maximum atomic E-state index is 12.0. The average Bonchev–Trinajstić information content (AvgIpc) is 2.96. The second-order valence-electron chi connectivity index (χ2n) is 4.32. The third-order valence-electron chi connectivity index (χ3n) is 3.06. The van der Waals surface area contributed by atoms with E-state index in [1.165, 1.54) is 6.20 Å². The number of esters is 1. The Morgan fingerprint density at radius 2 is 2.00 bits per heavy atom. The first kappa shape index (κ1) is 14.0. The third-order valence-corrected chi connectivity index (χ3v) is 3.06. The Hall–Kier alpha value is -2.43. The Kier molecular flexibility index (Phi) is 4.30. The first-order valence-corrected chi connectivity index (χ1v) is 6.43. The van der Waals surface area contributed by atoms with Crippen molar-refractivity contribution in [2.45, 2.75) is 19.9 Å². The fourth-order valence-corrected chi connectivity index (χ4v) is 1.98. The van der Waals surface area contributed by atoms with Crippen LogP contribution in [0.1, 0.15) is 35.9 Å². The first-order chi connectivity index (χ1) is 9.65. The zero-order chi connectivity index (χ0) is 14.5. The number of carbonyl (C=O) groups excluding carboxylic acids is 2. The van der Waals surface area contributed by atoms with Crippen molar-refractivity contribution >= 4 is 11.8 Å². The zero-order valence-corrected chi connectivity index (χ0v) is 11.4. The van der Waals surface area contributed by atoms with E-state index in [9.17, 15) is 9.59 Å². The number of hydrogen-bond acceptors (Lipinski definition) is 4. The molecule has 1 aromatic heterocycles. The van der Waals surface area contributed by atoms with Crippen LogP contribution in [0.25, 0.3) is 0 Å². The summed E-state index contributed by atoms with van der Waals surface area (Å²) in [7, 11) is 0. The Morgan fingerprint density at radius 3 is 2.65 bits per heavy atom. The van der Waals surface area contributed by atoms with Crippen LogP contribution in [-0.2, 0) is 9.53 Å². The summed E-state index contributed by atoms with van der Waals surface area (Å²) in [5.74, 6) is -1.53. The maximum absolute atomic E-state index is 12.0. The molecule has 1 atom stereocenters. The van der Waals surface area contributed by atoms with E-state index in [1.54, 1.807) is 17.8 Å². The maximum Gasteiger partial charge on any atom is 0.381 e. The van der Waals surface area contributed by atoms with Gasteiger partial charge in [-0.1, -0.05) is 30.3 Å². The van der Waals surface area contributed by atoms with Gasteiger partial charge in [0.25, 0.3) is 5.78 Å². The van der Waals surface area contributed by atoms with E-state index in [0.717, 1.165) is 5.56 Å². The van der Waals surface area contributed by atoms with Crippen LogP contribution in [0.4, 0.5) is 0 Å². The van der Waals surface area contributed by atoms with Crippen LogP contribution < -0.4 is 0 Å². The molecule has 0 bridgehead atoms. The minimum Gasteiger partial charge on any atom is -0.460 e. The molecule has 1 aromatic carbocycles. The Bertz CT molecular complexity index is 605. The normalized spacial score (nSPS) is 11.9. The van der Waals surface area contributed by atoms with Gasteiger partial charge in [0.1, 0.15) is 5.69 Å². The summed E-state index contributed by atoms with van der Waals surface area (Å²) in [4.78, 5) is 27.5. The molecule has 5 nitrogen and oxygen atoms in total. The van der Waals surface area contributed by atoms with Gasteiger partial charge in [0.2, 0.25) is 0 Å². The van der Waals surface area contributed by atoms with Gasteiger partial charge >= 0.3 is 5.97 Å². The van der Waals surface area contributed by atoms with Gasteiger partial charge in [-0.15, -0.1) is 0 Å². The molecule has 0 amide bonds. The Labute approximate surface area is 117 Å². The van der Waals surface area contributed by atoms with E-state index in [2.05, 4.69) is 4.98 Å². The molecule has 0 saturated heterocycles. The van der Waals surface area contributed by atoms with E-state index in [1.807, 2.05) is 37.3 Å². The highest BCUT2D eigenvalue weighted by Crippen LogP contribution is 2.19. The van der Waals surface area contributed by atoms with E-state index >= 15 is 0 Å². The van der Waals surface area contributed by atoms with Crippen molar-refractivity contribution in [2.24, 2.45) is 0 Å². The molecular weight excluding hydrogens is 256 g/mol. The van der Waals surface area contributed by atoms with Crippen molar-refractivity contribution < 1.29 is 14.3 Å². The lowest BCUT2D eigenvalue weighted by atomic mass is 10.1. The molecule has 0 saturated carbocycles. The lowest BCUT2D eigenvalue weighted by Crippen LogP contribution is -2.22. The minimum atomic E-state index is -0.852. The molecule has 0 unspecified atom stereocenters. The number of ether oxygens (including phenoxy) is 1. The van der Waals surface area contributed by atoms with Gasteiger partial charge in [-0.3, -0.25) is 4.79 Å². The van der Waals surface area contributed by atoms with Crippen LogP contribution >= 0.6 is 0 Å². The van der Waals surface area contributed by atoms with Gasteiger partial charge in [-0.05, 0) is 19.4 Å². The molecule has 2 aromatic rings. The smallest absolute Gasteiger partial charge is 0.381 e. The Balaban J connectivity index is 2.29. The monoisotopic (exact) mass is 272 g/mol. The fraction of sp³-hybridized carbons (Fsp3) is 0.267. The lowest BCUT2D eigenvalue weighted by molar-refractivity contribution is -0.137. The SMILES string of the molecule is CCOC(=O)C(=O)c1cncn1[C@H](C)c1ccccc1. The number of nitrogens with zero attached hydrogens (tertiary/aromatic N) is 2. The van der Waals surface area contributed by atoms with Gasteiger partial charge in [0.15, 0.2) is 0 Å². The predicted octanol–water partition coefficient (Wildman–Crippen LogP) is 2.24. The topological polar surface area (TPSA) is 61.2 Å². The summed E-state index contributed by atoms with van der Waals surface area (Å²) < 4.78 is 6.41. The van der Waals surface area contributed by atoms with Crippen molar-refractivity contribution in [3.8, 4) is 0 Å². The summed E-state index contributed by atoms with van der Waals surface area (Å²) in [6.07, 6.45) is 2.93. The molecule has 0 aliphatic heterocycles. The summed E-state index contributed by atoms with van der Waals surface area (Å²) >= 11 is 0. The van der Waals surface area contributed by atoms with Gasteiger partial charge in [-0.2, -0.15) is 0 Å². The highest BCUT2D eigenvalue weighted by atomic mass is 16.5. The van der Waals surface area contributed by atoms with E-state index < -0.39 is 11.8 Å². The first-order valence-electron chi connectivity index (χ1n) is 6.43. The van der Waals surface area contributed by atoms with Crippen molar-refractivity contribution in [3.63, 3.8) is 0 Å². The molecule has 0 aliphatic rings. The van der Waals surface area contributed by atoms with Crippen LogP contribution in [-0.4, -0.2) is 27.9 Å². The molecule has 0 N–H and O–H groups in total. The third kappa shape index (κ3) is 2.77. The highest BCUT2D eigenvalue weighted by Gasteiger charge is 2.23. The molecule has 20 heavy (non-hydrogen) atoms. The molecule has 2 rings (SSSR count). The molecule has 5 heteroatoms. The molecule has 0 radical (unpaired) electrons. The highest BCUT2D eigenvalue weighted by molar-refractivity contribution is 6.40. The van der Waals surface area contributed by atoms with E-state index in [4.69, 9.17) is 4.74 Å². The molecule has 104 valence electrons. The fourth-order valence-electron chi connectivity index (χ4n) is 1.98. The predicted molar refractivity (Wildman–Crippen MR) is 73.4 cm³/mol. The Morgan fingerprint density at radius 1 is 1.30 bits per heavy atom. The number of Topliss-reactive ketones (excluding diaryl/α,β-unsaturated/α-hetero) is 1. The standard InChI is InChI=1S/C15H16N2O3/c1-3-20-15(19)14(18)13-9-16-10-17(13)11(2)12-7-5-4-6-8-12/h4-11H,3H2,1-2H3/t11-/m1/s1. The van der Waals surface area contributed by atoms with Crippen LogP contribution in [0.2, 0.25) is 0 Å². The largest absolute Gasteiger partial charge is 0.460 e. The van der Waals surface area contributed by atoms with Gasteiger partial charge in [-0.25, -0.2) is 9.78 Å². The van der Waals surface area contributed by atoms with Crippen LogP contribution in [0.5, 0.6) is 0 Å². The van der Waals surface area contributed by atoms with Crippen molar-refractivity contribution in [1.29, 1.82) is 0 Å². The minimum absolute atomic E-state index is 0.0907.